The predicted octanol–water partition coefficient (Wildman–Crippen LogP) is 2.32. The van der Waals surface area contributed by atoms with E-state index in [1.54, 1.807) is 6.20 Å². The van der Waals surface area contributed by atoms with E-state index in [0.717, 1.165) is 16.0 Å². The van der Waals surface area contributed by atoms with Gasteiger partial charge in [-0.2, -0.15) is 10.1 Å². The third kappa shape index (κ3) is 1.35. The Morgan fingerprint density at radius 2 is 2.25 bits per heavy atom. The maximum absolute atomic E-state index is 6.07. The van der Waals surface area contributed by atoms with E-state index in [9.17, 15) is 0 Å². The number of thiophene rings is 1. The molecule has 0 radical (unpaired) electrons. The molecule has 0 aliphatic carbocycles. The van der Waals surface area contributed by atoms with Crippen LogP contribution in [0.1, 0.15) is 0 Å². The number of nitrogens with one attached hydrogen (secondary N) is 1. The zero-order chi connectivity index (χ0) is 11.1. The minimum Gasteiger partial charge on any atom is -0.368 e. The van der Waals surface area contributed by atoms with Crippen molar-refractivity contribution in [3.8, 4) is 10.6 Å². The van der Waals surface area contributed by atoms with Gasteiger partial charge in [-0.3, -0.25) is 5.10 Å². The molecule has 16 heavy (non-hydrogen) atoms. The summed E-state index contributed by atoms with van der Waals surface area (Å²) in [5.74, 6) is 0.205. The van der Waals surface area contributed by atoms with Crippen LogP contribution < -0.4 is 5.73 Å². The molecule has 0 atom stereocenters. The quantitative estimate of drug-likeness (QED) is 0.696. The van der Waals surface area contributed by atoms with Gasteiger partial charge in [0.2, 0.25) is 5.95 Å². The van der Waals surface area contributed by atoms with Crippen LogP contribution in [0, 0.1) is 0 Å². The predicted molar refractivity (Wildman–Crippen MR) is 64.4 cm³/mol. The molecule has 0 aliphatic heterocycles. The largest absolute Gasteiger partial charge is 0.368 e. The number of halogens is 1. The molecular formula is C9H6ClN5S. The van der Waals surface area contributed by atoms with Crippen molar-refractivity contribution in [3.05, 3.63) is 22.7 Å². The number of hydrogen-bond acceptors (Lipinski definition) is 5. The van der Waals surface area contributed by atoms with Crippen molar-refractivity contribution in [2.75, 3.05) is 5.73 Å². The van der Waals surface area contributed by atoms with Gasteiger partial charge < -0.3 is 5.73 Å². The highest BCUT2D eigenvalue weighted by atomic mass is 35.5. The van der Waals surface area contributed by atoms with Crippen molar-refractivity contribution in [3.63, 3.8) is 0 Å². The number of nitrogen functional groups attached to an aromatic ring is 1. The van der Waals surface area contributed by atoms with Gasteiger partial charge in [0, 0.05) is 0 Å². The first-order valence-corrected chi connectivity index (χ1v) is 5.71. The number of nitrogens with two attached hydrogens (primary N) is 1. The number of H-pyrrole nitrogens is 1. The molecule has 0 aromatic carbocycles. The minimum absolute atomic E-state index is 0.205. The smallest absolute Gasteiger partial charge is 0.222 e. The minimum atomic E-state index is 0.205. The van der Waals surface area contributed by atoms with Crippen molar-refractivity contribution in [1.82, 2.24) is 20.2 Å². The van der Waals surface area contributed by atoms with Crippen LogP contribution >= 0.6 is 22.9 Å². The molecule has 3 aromatic heterocycles. The lowest BCUT2D eigenvalue weighted by molar-refractivity contribution is 1.09. The van der Waals surface area contributed by atoms with Crippen LogP contribution in [0.2, 0.25) is 5.02 Å². The van der Waals surface area contributed by atoms with Gasteiger partial charge in [-0.1, -0.05) is 11.6 Å². The van der Waals surface area contributed by atoms with Crippen LogP contribution in [0.3, 0.4) is 0 Å². The van der Waals surface area contributed by atoms with Crippen LogP contribution in [-0.2, 0) is 0 Å². The molecule has 7 heteroatoms. The average Bonchev–Trinajstić information content (AvgIpc) is 2.84. The molecular weight excluding hydrogens is 246 g/mol. The molecule has 0 unspecified atom stereocenters. The first-order valence-electron chi connectivity index (χ1n) is 4.45. The Hall–Kier alpha value is -1.66. The Bertz CT molecular complexity index is 659. The lowest BCUT2D eigenvalue weighted by atomic mass is 10.2. The molecule has 0 fully saturated rings. The maximum atomic E-state index is 6.07. The monoisotopic (exact) mass is 251 g/mol. The van der Waals surface area contributed by atoms with Gasteiger partial charge in [-0.05, 0) is 11.4 Å². The van der Waals surface area contributed by atoms with Gasteiger partial charge in [-0.25, -0.2) is 4.98 Å². The van der Waals surface area contributed by atoms with E-state index in [4.69, 9.17) is 17.3 Å². The highest BCUT2D eigenvalue weighted by Gasteiger charge is 2.13. The van der Waals surface area contributed by atoms with Gasteiger partial charge in [-0.15, -0.1) is 11.3 Å². The van der Waals surface area contributed by atoms with Gasteiger partial charge in [0.25, 0.3) is 0 Å². The molecule has 5 nitrogen and oxygen atoms in total. The second-order valence-corrected chi connectivity index (χ2v) is 4.48. The van der Waals surface area contributed by atoms with E-state index in [0.29, 0.717) is 10.7 Å². The van der Waals surface area contributed by atoms with Gasteiger partial charge in [0.05, 0.1) is 27.2 Å². The molecule has 80 valence electrons. The molecule has 3 aromatic rings. The fourth-order valence-electron chi connectivity index (χ4n) is 1.49. The van der Waals surface area contributed by atoms with E-state index in [-0.39, 0.29) is 5.95 Å². The summed E-state index contributed by atoms with van der Waals surface area (Å²) in [6.45, 7) is 0. The van der Waals surface area contributed by atoms with Crippen LogP contribution in [0.5, 0.6) is 0 Å². The second kappa shape index (κ2) is 3.43. The Labute approximate surface area is 99.3 Å². The third-order valence-corrected chi connectivity index (χ3v) is 3.51. The Morgan fingerprint density at radius 1 is 1.38 bits per heavy atom. The summed E-state index contributed by atoms with van der Waals surface area (Å²) in [7, 11) is 0. The summed E-state index contributed by atoms with van der Waals surface area (Å²) < 4.78 is 0. The van der Waals surface area contributed by atoms with Crippen molar-refractivity contribution < 1.29 is 0 Å². The van der Waals surface area contributed by atoms with E-state index in [2.05, 4.69) is 20.2 Å². The number of aromatic nitrogens is 4. The SMILES string of the molecule is Nc1nc(-c2sccc2Cl)c2cn[nH]c2n1. The maximum Gasteiger partial charge on any atom is 0.222 e. The molecule has 3 heterocycles. The number of anilines is 1. The summed E-state index contributed by atoms with van der Waals surface area (Å²) in [4.78, 5) is 9.13. The van der Waals surface area contributed by atoms with Crippen molar-refractivity contribution in [2.45, 2.75) is 0 Å². The summed E-state index contributed by atoms with van der Waals surface area (Å²) >= 11 is 7.58. The zero-order valence-corrected chi connectivity index (χ0v) is 9.51. The van der Waals surface area contributed by atoms with E-state index in [1.165, 1.54) is 11.3 Å². The molecule has 0 bridgehead atoms. The Balaban J connectivity index is 2.38. The molecule has 0 amide bonds. The molecule has 3 N–H and O–H groups in total. The topological polar surface area (TPSA) is 80.5 Å². The van der Waals surface area contributed by atoms with Crippen molar-refractivity contribution >= 4 is 39.9 Å². The van der Waals surface area contributed by atoms with E-state index in [1.807, 2.05) is 11.4 Å². The Kier molecular flexibility index (Phi) is 2.05. The third-order valence-electron chi connectivity index (χ3n) is 2.16. The summed E-state index contributed by atoms with van der Waals surface area (Å²) in [6.07, 6.45) is 1.67. The zero-order valence-electron chi connectivity index (χ0n) is 7.94. The van der Waals surface area contributed by atoms with Gasteiger partial charge in [0.15, 0.2) is 5.65 Å². The lowest BCUT2D eigenvalue weighted by Gasteiger charge is -2.00. The van der Waals surface area contributed by atoms with Gasteiger partial charge in [0.1, 0.15) is 0 Å². The molecule has 0 aliphatic rings. The standard InChI is InChI=1S/C9H6ClN5S/c10-5-1-2-16-7(5)6-4-3-12-15-8(4)14-9(11)13-6/h1-3H,(H3,11,12,13,14,15). The fraction of sp³-hybridized carbons (Fsp3) is 0. The fourth-order valence-corrected chi connectivity index (χ4v) is 2.64. The summed E-state index contributed by atoms with van der Waals surface area (Å²) in [6, 6.07) is 1.83. The molecule has 0 spiro atoms. The second-order valence-electron chi connectivity index (χ2n) is 3.16. The highest BCUT2D eigenvalue weighted by molar-refractivity contribution is 7.14. The van der Waals surface area contributed by atoms with Crippen LogP contribution in [-0.4, -0.2) is 20.2 Å². The molecule has 0 saturated heterocycles. The first kappa shape index (κ1) is 9.56. The lowest BCUT2D eigenvalue weighted by Crippen LogP contribution is -1.96. The number of hydrogen-bond donors (Lipinski definition) is 2. The number of fused-ring (bicyclic) bond motifs is 1. The van der Waals surface area contributed by atoms with Crippen LogP contribution in [0.15, 0.2) is 17.6 Å². The average molecular weight is 252 g/mol. The molecule has 0 saturated carbocycles. The first-order chi connectivity index (χ1) is 7.75. The highest BCUT2D eigenvalue weighted by Crippen LogP contribution is 2.35. The number of nitrogens with zero attached hydrogens (tertiary/aromatic N) is 3. The van der Waals surface area contributed by atoms with Gasteiger partial charge >= 0.3 is 0 Å². The number of aromatic amines is 1. The van der Waals surface area contributed by atoms with E-state index < -0.39 is 0 Å². The van der Waals surface area contributed by atoms with Crippen LogP contribution in [0.25, 0.3) is 21.6 Å². The summed E-state index contributed by atoms with van der Waals surface area (Å²) in [5, 5.41) is 10.1. The summed E-state index contributed by atoms with van der Waals surface area (Å²) in [5.41, 5.74) is 6.97. The van der Waals surface area contributed by atoms with Crippen molar-refractivity contribution in [1.29, 1.82) is 0 Å². The molecule has 3 rings (SSSR count). The number of rotatable bonds is 1. The van der Waals surface area contributed by atoms with E-state index >= 15 is 0 Å². The Morgan fingerprint density at radius 3 is 3.00 bits per heavy atom. The normalized spacial score (nSPS) is 11.1. The van der Waals surface area contributed by atoms with Crippen LogP contribution in [0.4, 0.5) is 5.95 Å². The van der Waals surface area contributed by atoms with Crippen molar-refractivity contribution in [2.24, 2.45) is 0 Å².